The Morgan fingerprint density at radius 1 is 1.23 bits per heavy atom. The first-order valence-electron chi connectivity index (χ1n) is 7.47. The van der Waals surface area contributed by atoms with E-state index in [0.29, 0.717) is 6.61 Å². The summed E-state index contributed by atoms with van der Waals surface area (Å²) in [6.07, 6.45) is 2.75. The molecular formula is C17H20N4O. The van der Waals surface area contributed by atoms with Crippen molar-refractivity contribution in [3.8, 4) is 5.75 Å². The number of ether oxygens (including phenoxy) is 1. The molecule has 0 unspecified atom stereocenters. The zero-order valence-corrected chi connectivity index (χ0v) is 12.9. The van der Waals surface area contributed by atoms with E-state index in [1.165, 1.54) is 0 Å². The molecule has 5 heteroatoms. The van der Waals surface area contributed by atoms with Gasteiger partial charge in [0.25, 0.3) is 0 Å². The number of fused-ring (bicyclic) bond motifs is 1. The molecule has 0 spiro atoms. The lowest BCUT2D eigenvalue weighted by atomic mass is 10.3. The SMILES string of the molecule is CCc1nc2cc(C)cnc2n1CCOc1ccc(N)cc1. The number of rotatable bonds is 5. The van der Waals surface area contributed by atoms with E-state index >= 15 is 0 Å². The first kappa shape index (κ1) is 14.4. The van der Waals surface area contributed by atoms with E-state index in [9.17, 15) is 0 Å². The standard InChI is InChI=1S/C17H20N4O/c1-3-16-20-15-10-12(2)11-19-17(15)21(16)8-9-22-14-6-4-13(18)5-7-14/h4-7,10-11H,3,8-9,18H2,1-2H3. The minimum absolute atomic E-state index is 0.567. The molecule has 0 atom stereocenters. The Balaban J connectivity index is 1.76. The van der Waals surface area contributed by atoms with E-state index < -0.39 is 0 Å². The highest BCUT2D eigenvalue weighted by Gasteiger charge is 2.10. The molecule has 0 amide bonds. The molecule has 0 aliphatic heterocycles. The van der Waals surface area contributed by atoms with Gasteiger partial charge in [0.1, 0.15) is 23.7 Å². The van der Waals surface area contributed by atoms with Gasteiger partial charge < -0.3 is 15.0 Å². The van der Waals surface area contributed by atoms with E-state index in [-0.39, 0.29) is 0 Å². The number of nitrogen functional groups attached to an aromatic ring is 1. The topological polar surface area (TPSA) is 66.0 Å². The molecule has 5 nitrogen and oxygen atoms in total. The van der Waals surface area contributed by atoms with Crippen molar-refractivity contribution in [1.29, 1.82) is 0 Å². The molecule has 0 saturated carbocycles. The highest BCUT2D eigenvalue weighted by atomic mass is 16.5. The molecule has 0 bridgehead atoms. The number of aromatic nitrogens is 3. The van der Waals surface area contributed by atoms with Crippen LogP contribution in [0.5, 0.6) is 5.75 Å². The van der Waals surface area contributed by atoms with Crippen molar-refractivity contribution in [2.24, 2.45) is 0 Å². The first-order valence-corrected chi connectivity index (χ1v) is 7.47. The number of nitrogens with zero attached hydrogens (tertiary/aromatic N) is 3. The summed E-state index contributed by atoms with van der Waals surface area (Å²) in [6, 6.07) is 9.50. The summed E-state index contributed by atoms with van der Waals surface area (Å²) >= 11 is 0. The van der Waals surface area contributed by atoms with Crippen molar-refractivity contribution in [1.82, 2.24) is 14.5 Å². The quantitative estimate of drug-likeness (QED) is 0.735. The predicted molar refractivity (Wildman–Crippen MR) is 88.0 cm³/mol. The highest BCUT2D eigenvalue weighted by Crippen LogP contribution is 2.17. The normalized spacial score (nSPS) is 11.0. The third-order valence-corrected chi connectivity index (χ3v) is 3.58. The largest absolute Gasteiger partial charge is 0.492 e. The van der Waals surface area contributed by atoms with Gasteiger partial charge in [-0.05, 0) is 42.8 Å². The van der Waals surface area contributed by atoms with Crippen LogP contribution in [-0.4, -0.2) is 21.1 Å². The number of imidazole rings is 1. The Hall–Kier alpha value is -2.56. The number of aryl methyl sites for hydroxylation is 2. The smallest absolute Gasteiger partial charge is 0.160 e. The van der Waals surface area contributed by atoms with Crippen LogP contribution in [0.3, 0.4) is 0 Å². The van der Waals surface area contributed by atoms with Crippen LogP contribution in [0.4, 0.5) is 5.69 Å². The summed E-state index contributed by atoms with van der Waals surface area (Å²) in [6.45, 7) is 5.42. The number of nitrogens with two attached hydrogens (primary N) is 1. The zero-order chi connectivity index (χ0) is 15.5. The van der Waals surface area contributed by atoms with Gasteiger partial charge in [-0.25, -0.2) is 9.97 Å². The molecule has 0 aliphatic rings. The van der Waals surface area contributed by atoms with Gasteiger partial charge in [-0.3, -0.25) is 0 Å². The second kappa shape index (κ2) is 6.05. The van der Waals surface area contributed by atoms with Crippen molar-refractivity contribution in [2.45, 2.75) is 26.8 Å². The van der Waals surface area contributed by atoms with E-state index in [4.69, 9.17) is 10.5 Å². The molecule has 22 heavy (non-hydrogen) atoms. The van der Waals surface area contributed by atoms with Crippen LogP contribution in [0.1, 0.15) is 18.3 Å². The van der Waals surface area contributed by atoms with Crippen LogP contribution in [0.25, 0.3) is 11.2 Å². The van der Waals surface area contributed by atoms with Crippen LogP contribution in [0, 0.1) is 6.92 Å². The second-order valence-electron chi connectivity index (χ2n) is 5.31. The number of pyridine rings is 1. The second-order valence-corrected chi connectivity index (χ2v) is 5.31. The molecule has 2 N–H and O–H groups in total. The zero-order valence-electron chi connectivity index (χ0n) is 12.9. The van der Waals surface area contributed by atoms with E-state index in [2.05, 4.69) is 27.5 Å². The Morgan fingerprint density at radius 3 is 2.73 bits per heavy atom. The fraction of sp³-hybridized carbons (Fsp3) is 0.294. The molecule has 1 aromatic carbocycles. The van der Waals surface area contributed by atoms with Crippen LogP contribution in [0.15, 0.2) is 36.5 Å². The summed E-state index contributed by atoms with van der Waals surface area (Å²) in [7, 11) is 0. The molecule has 2 heterocycles. The average Bonchev–Trinajstić information content (AvgIpc) is 2.86. The lowest BCUT2D eigenvalue weighted by Crippen LogP contribution is -2.11. The van der Waals surface area contributed by atoms with Gasteiger partial charge >= 0.3 is 0 Å². The highest BCUT2D eigenvalue weighted by molar-refractivity contribution is 5.72. The summed E-state index contributed by atoms with van der Waals surface area (Å²) in [5, 5.41) is 0. The average molecular weight is 296 g/mol. The van der Waals surface area contributed by atoms with Crippen molar-refractivity contribution in [3.63, 3.8) is 0 Å². The van der Waals surface area contributed by atoms with Crippen molar-refractivity contribution < 1.29 is 4.74 Å². The molecule has 0 aliphatic carbocycles. The predicted octanol–water partition coefficient (Wildman–Crippen LogP) is 2.96. The molecule has 0 saturated heterocycles. The maximum absolute atomic E-state index is 5.77. The number of hydrogen-bond donors (Lipinski definition) is 1. The molecule has 0 fully saturated rings. The molecule has 3 aromatic rings. The van der Waals surface area contributed by atoms with Gasteiger partial charge in [-0.15, -0.1) is 0 Å². The Bertz CT molecular complexity index is 777. The van der Waals surface area contributed by atoms with Crippen molar-refractivity contribution in [2.75, 3.05) is 12.3 Å². The lowest BCUT2D eigenvalue weighted by molar-refractivity contribution is 0.298. The summed E-state index contributed by atoms with van der Waals surface area (Å²) in [5.74, 6) is 1.86. The molecule has 2 aromatic heterocycles. The Labute approximate surface area is 129 Å². The van der Waals surface area contributed by atoms with E-state index in [0.717, 1.165) is 47.0 Å². The molecule has 114 valence electrons. The Morgan fingerprint density at radius 2 is 2.00 bits per heavy atom. The minimum atomic E-state index is 0.567. The third-order valence-electron chi connectivity index (χ3n) is 3.58. The lowest BCUT2D eigenvalue weighted by Gasteiger charge is -2.09. The van der Waals surface area contributed by atoms with Gasteiger partial charge in [0.15, 0.2) is 5.65 Å². The van der Waals surface area contributed by atoms with Crippen LogP contribution in [-0.2, 0) is 13.0 Å². The summed E-state index contributed by atoms with van der Waals surface area (Å²) in [4.78, 5) is 9.17. The van der Waals surface area contributed by atoms with E-state index in [1.54, 1.807) is 0 Å². The molecular weight excluding hydrogens is 276 g/mol. The van der Waals surface area contributed by atoms with Gasteiger partial charge in [0.2, 0.25) is 0 Å². The molecule has 0 radical (unpaired) electrons. The van der Waals surface area contributed by atoms with Crippen LogP contribution >= 0.6 is 0 Å². The van der Waals surface area contributed by atoms with E-state index in [1.807, 2.05) is 37.4 Å². The Kier molecular flexibility index (Phi) is 3.96. The monoisotopic (exact) mass is 296 g/mol. The first-order chi connectivity index (χ1) is 10.7. The summed E-state index contributed by atoms with van der Waals surface area (Å²) < 4.78 is 7.91. The third kappa shape index (κ3) is 2.88. The van der Waals surface area contributed by atoms with Crippen LogP contribution in [0.2, 0.25) is 0 Å². The fourth-order valence-corrected chi connectivity index (χ4v) is 2.48. The number of anilines is 1. The maximum atomic E-state index is 5.77. The van der Waals surface area contributed by atoms with Crippen LogP contribution < -0.4 is 10.5 Å². The van der Waals surface area contributed by atoms with Gasteiger partial charge in [-0.1, -0.05) is 6.92 Å². The number of benzene rings is 1. The number of hydrogen-bond acceptors (Lipinski definition) is 4. The molecule has 3 rings (SSSR count). The summed E-state index contributed by atoms with van der Waals surface area (Å²) in [5.41, 5.74) is 9.40. The fourth-order valence-electron chi connectivity index (χ4n) is 2.48. The van der Waals surface area contributed by atoms with Gasteiger partial charge in [0, 0.05) is 18.3 Å². The minimum Gasteiger partial charge on any atom is -0.492 e. The van der Waals surface area contributed by atoms with Gasteiger partial charge in [-0.2, -0.15) is 0 Å². The van der Waals surface area contributed by atoms with Crippen molar-refractivity contribution in [3.05, 3.63) is 47.9 Å². The maximum Gasteiger partial charge on any atom is 0.160 e. The van der Waals surface area contributed by atoms with Crippen molar-refractivity contribution >= 4 is 16.9 Å². The van der Waals surface area contributed by atoms with Gasteiger partial charge in [0.05, 0.1) is 6.54 Å².